The second kappa shape index (κ2) is 5.73. The molecule has 0 saturated carbocycles. The fourth-order valence-corrected chi connectivity index (χ4v) is 2.38. The molecule has 0 radical (unpaired) electrons. The van der Waals surface area contributed by atoms with Crippen LogP contribution >= 0.6 is 27.3 Å². The van der Waals surface area contributed by atoms with E-state index in [-0.39, 0.29) is 0 Å². The van der Waals surface area contributed by atoms with Crippen molar-refractivity contribution in [3.8, 4) is 0 Å². The van der Waals surface area contributed by atoms with E-state index in [4.69, 9.17) is 0 Å². The summed E-state index contributed by atoms with van der Waals surface area (Å²) in [7, 11) is 0. The maximum atomic E-state index is 3.44. The molecule has 1 heterocycles. The molecular weight excluding hydrogens is 234 g/mol. The van der Waals surface area contributed by atoms with E-state index >= 15 is 0 Å². The van der Waals surface area contributed by atoms with Crippen molar-refractivity contribution in [3.05, 3.63) is 20.8 Å². The van der Waals surface area contributed by atoms with Crippen LogP contribution in [0.4, 0.5) is 0 Å². The lowest BCUT2D eigenvalue weighted by atomic mass is 10.3. The lowest BCUT2D eigenvalue weighted by molar-refractivity contribution is 0.646. The molecule has 1 rings (SSSR count). The zero-order valence-corrected chi connectivity index (χ0v) is 9.67. The van der Waals surface area contributed by atoms with Gasteiger partial charge in [-0.1, -0.05) is 13.3 Å². The molecule has 0 aromatic carbocycles. The summed E-state index contributed by atoms with van der Waals surface area (Å²) < 4.78 is 1.19. The van der Waals surface area contributed by atoms with Crippen molar-refractivity contribution in [3.63, 3.8) is 0 Å². The molecule has 0 fully saturated rings. The Morgan fingerprint density at radius 2 is 2.42 bits per heavy atom. The third-order valence-electron chi connectivity index (χ3n) is 1.63. The smallest absolute Gasteiger partial charge is 0.0300 e. The van der Waals surface area contributed by atoms with Gasteiger partial charge in [-0.15, -0.1) is 11.3 Å². The van der Waals surface area contributed by atoms with E-state index in [2.05, 4.69) is 39.6 Å². The SMILES string of the molecule is CCCCNCc1cc(Br)cs1. The van der Waals surface area contributed by atoms with Gasteiger partial charge in [0.2, 0.25) is 0 Å². The second-order valence-corrected chi connectivity index (χ2v) is 4.67. The first kappa shape index (κ1) is 10.2. The maximum Gasteiger partial charge on any atom is 0.0300 e. The van der Waals surface area contributed by atoms with Gasteiger partial charge in [0.15, 0.2) is 0 Å². The molecule has 0 aliphatic carbocycles. The molecule has 0 saturated heterocycles. The van der Waals surface area contributed by atoms with E-state index in [0.29, 0.717) is 0 Å². The van der Waals surface area contributed by atoms with Gasteiger partial charge in [0.25, 0.3) is 0 Å². The van der Waals surface area contributed by atoms with Crippen molar-refractivity contribution in [2.24, 2.45) is 0 Å². The Kier molecular flexibility index (Phi) is 4.88. The third-order valence-corrected chi connectivity index (χ3v) is 3.33. The van der Waals surface area contributed by atoms with Crippen LogP contribution in [0.2, 0.25) is 0 Å². The molecule has 1 aromatic rings. The Hall–Kier alpha value is 0.140. The van der Waals surface area contributed by atoms with E-state index in [9.17, 15) is 0 Å². The second-order valence-electron chi connectivity index (χ2n) is 2.76. The van der Waals surface area contributed by atoms with Gasteiger partial charge in [-0.05, 0) is 35.0 Å². The minimum Gasteiger partial charge on any atom is -0.312 e. The molecule has 1 aromatic heterocycles. The van der Waals surface area contributed by atoms with Crippen LogP contribution in [0.3, 0.4) is 0 Å². The summed E-state index contributed by atoms with van der Waals surface area (Å²) in [6.07, 6.45) is 2.54. The zero-order valence-electron chi connectivity index (χ0n) is 7.27. The van der Waals surface area contributed by atoms with Crippen molar-refractivity contribution in [2.45, 2.75) is 26.3 Å². The molecule has 0 bridgehead atoms. The fourth-order valence-electron chi connectivity index (χ4n) is 0.960. The molecule has 3 heteroatoms. The standard InChI is InChI=1S/C9H14BrNS/c1-2-3-4-11-6-9-5-8(10)7-12-9/h5,7,11H,2-4,6H2,1H3. The number of nitrogens with one attached hydrogen (secondary N) is 1. The highest BCUT2D eigenvalue weighted by Crippen LogP contribution is 2.19. The molecule has 0 aliphatic heterocycles. The van der Waals surface area contributed by atoms with Gasteiger partial charge in [-0.25, -0.2) is 0 Å². The van der Waals surface area contributed by atoms with Crippen LogP contribution in [0.15, 0.2) is 15.9 Å². The minimum absolute atomic E-state index is 1.01. The minimum atomic E-state index is 1.01. The van der Waals surface area contributed by atoms with Crippen LogP contribution < -0.4 is 5.32 Å². The predicted octanol–water partition coefficient (Wildman–Crippen LogP) is 3.40. The van der Waals surface area contributed by atoms with E-state index in [1.807, 2.05) is 0 Å². The largest absolute Gasteiger partial charge is 0.312 e. The molecule has 0 aliphatic rings. The van der Waals surface area contributed by atoms with Crippen LogP contribution in [-0.2, 0) is 6.54 Å². The number of rotatable bonds is 5. The summed E-state index contributed by atoms with van der Waals surface area (Å²) in [5, 5.41) is 5.53. The molecule has 1 nitrogen and oxygen atoms in total. The Balaban J connectivity index is 2.15. The summed E-state index contributed by atoms with van der Waals surface area (Å²) >= 11 is 5.24. The molecule has 0 unspecified atom stereocenters. The average molecular weight is 248 g/mol. The highest BCUT2D eigenvalue weighted by molar-refractivity contribution is 9.10. The molecule has 0 spiro atoms. The van der Waals surface area contributed by atoms with Gasteiger partial charge in [0.05, 0.1) is 0 Å². The van der Waals surface area contributed by atoms with E-state index in [1.54, 1.807) is 11.3 Å². The maximum absolute atomic E-state index is 3.44. The van der Waals surface area contributed by atoms with Gasteiger partial charge >= 0.3 is 0 Å². The third kappa shape index (κ3) is 3.70. The van der Waals surface area contributed by atoms with Gasteiger partial charge in [0.1, 0.15) is 0 Å². The zero-order chi connectivity index (χ0) is 8.81. The van der Waals surface area contributed by atoms with Gasteiger partial charge in [-0.2, -0.15) is 0 Å². The molecule has 0 atom stereocenters. The van der Waals surface area contributed by atoms with Crippen LogP contribution in [-0.4, -0.2) is 6.54 Å². The van der Waals surface area contributed by atoms with E-state index < -0.39 is 0 Å². The van der Waals surface area contributed by atoms with E-state index in [0.717, 1.165) is 13.1 Å². The quantitative estimate of drug-likeness (QED) is 0.787. The van der Waals surface area contributed by atoms with Crippen LogP contribution in [0.5, 0.6) is 0 Å². The number of thiophene rings is 1. The van der Waals surface area contributed by atoms with Gasteiger partial charge < -0.3 is 5.32 Å². The lowest BCUT2D eigenvalue weighted by Crippen LogP contribution is -2.13. The normalized spacial score (nSPS) is 10.5. The fraction of sp³-hybridized carbons (Fsp3) is 0.556. The molecule has 1 N–H and O–H groups in total. The number of hydrogen-bond donors (Lipinski definition) is 1. The Bertz CT molecular complexity index is 222. The average Bonchev–Trinajstić information content (AvgIpc) is 2.45. The van der Waals surface area contributed by atoms with Crippen molar-refractivity contribution in [1.82, 2.24) is 5.32 Å². The summed E-state index contributed by atoms with van der Waals surface area (Å²) in [5.74, 6) is 0. The highest BCUT2D eigenvalue weighted by Gasteiger charge is 1.95. The Morgan fingerprint density at radius 1 is 1.58 bits per heavy atom. The predicted molar refractivity (Wildman–Crippen MR) is 58.6 cm³/mol. The Morgan fingerprint density at radius 3 is 3.00 bits per heavy atom. The summed E-state index contributed by atoms with van der Waals surface area (Å²) in [6, 6.07) is 2.17. The molecular formula is C9H14BrNS. The van der Waals surface area contributed by atoms with Gasteiger partial charge in [0, 0.05) is 21.3 Å². The number of unbranched alkanes of at least 4 members (excludes halogenated alkanes) is 1. The van der Waals surface area contributed by atoms with Crippen LogP contribution in [0.1, 0.15) is 24.6 Å². The molecule has 12 heavy (non-hydrogen) atoms. The first-order valence-corrected chi connectivity index (χ1v) is 5.94. The van der Waals surface area contributed by atoms with Crippen molar-refractivity contribution >= 4 is 27.3 Å². The summed E-state index contributed by atoms with van der Waals surface area (Å²) in [6.45, 7) is 4.35. The van der Waals surface area contributed by atoms with Crippen molar-refractivity contribution < 1.29 is 0 Å². The summed E-state index contributed by atoms with van der Waals surface area (Å²) in [5.41, 5.74) is 0. The molecule has 68 valence electrons. The van der Waals surface area contributed by atoms with Crippen molar-refractivity contribution in [1.29, 1.82) is 0 Å². The topological polar surface area (TPSA) is 12.0 Å². The monoisotopic (exact) mass is 247 g/mol. The highest BCUT2D eigenvalue weighted by atomic mass is 79.9. The molecule has 0 amide bonds. The summed E-state index contributed by atoms with van der Waals surface area (Å²) in [4.78, 5) is 1.40. The lowest BCUT2D eigenvalue weighted by Gasteiger charge is -1.99. The van der Waals surface area contributed by atoms with Gasteiger partial charge in [-0.3, -0.25) is 0 Å². The first-order valence-electron chi connectivity index (χ1n) is 4.26. The number of hydrogen-bond acceptors (Lipinski definition) is 2. The Labute approximate surface area is 86.3 Å². The van der Waals surface area contributed by atoms with Crippen LogP contribution in [0.25, 0.3) is 0 Å². The van der Waals surface area contributed by atoms with Crippen molar-refractivity contribution in [2.75, 3.05) is 6.54 Å². The number of halogens is 1. The van der Waals surface area contributed by atoms with E-state index in [1.165, 1.54) is 22.2 Å². The first-order chi connectivity index (χ1) is 5.83. The van der Waals surface area contributed by atoms with Crippen LogP contribution in [0, 0.1) is 0 Å².